The maximum atomic E-state index is 15.0. The van der Waals surface area contributed by atoms with Gasteiger partial charge in [-0.1, -0.05) is 64.2 Å². The van der Waals surface area contributed by atoms with E-state index in [9.17, 15) is 22.4 Å². The van der Waals surface area contributed by atoms with Gasteiger partial charge >= 0.3 is 6.09 Å². The summed E-state index contributed by atoms with van der Waals surface area (Å²) in [7, 11) is -4.35. The Morgan fingerprint density at radius 2 is 1.82 bits per heavy atom. The van der Waals surface area contributed by atoms with Crippen LogP contribution >= 0.6 is 0 Å². The van der Waals surface area contributed by atoms with Gasteiger partial charge in [0.2, 0.25) is 0 Å². The monoisotopic (exact) mass is 498 g/mol. The lowest BCUT2D eigenvalue weighted by atomic mass is 10.0. The molecule has 0 spiro atoms. The largest absolute Gasteiger partial charge is 0.444 e. The molecule has 0 saturated heterocycles. The molecule has 1 fully saturated rings. The van der Waals surface area contributed by atoms with Crippen molar-refractivity contribution in [3.05, 3.63) is 29.8 Å². The highest BCUT2D eigenvalue weighted by molar-refractivity contribution is 7.90. The van der Waals surface area contributed by atoms with Gasteiger partial charge in [0.25, 0.3) is 15.9 Å². The maximum absolute atomic E-state index is 15.0. The average molecular weight is 499 g/mol. The van der Waals surface area contributed by atoms with E-state index in [1.54, 1.807) is 26.8 Å². The van der Waals surface area contributed by atoms with E-state index in [0.717, 1.165) is 25.7 Å². The van der Waals surface area contributed by atoms with Crippen LogP contribution in [0.5, 0.6) is 0 Å². The van der Waals surface area contributed by atoms with Crippen LogP contribution in [-0.2, 0) is 19.6 Å². The number of ether oxygens (including phenoxy) is 1. The molecule has 0 radical (unpaired) electrons. The lowest BCUT2D eigenvalue weighted by molar-refractivity contribution is -0.122. The van der Waals surface area contributed by atoms with Gasteiger partial charge in [-0.25, -0.2) is 22.3 Å². The van der Waals surface area contributed by atoms with E-state index < -0.39 is 39.3 Å². The number of nitrogens with one attached hydrogen (secondary N) is 2. The van der Waals surface area contributed by atoms with Gasteiger partial charge in [0.15, 0.2) is 0 Å². The van der Waals surface area contributed by atoms with Gasteiger partial charge in [-0.2, -0.15) is 0 Å². The highest BCUT2D eigenvalue weighted by Crippen LogP contribution is 2.47. The molecule has 192 valence electrons. The third-order valence-electron chi connectivity index (χ3n) is 5.96. The van der Waals surface area contributed by atoms with Crippen molar-refractivity contribution in [3.63, 3.8) is 0 Å². The maximum Gasteiger partial charge on any atom is 0.408 e. The minimum absolute atomic E-state index is 0.0364. The number of carbonyl (C=O) groups is 2. The van der Waals surface area contributed by atoms with Crippen molar-refractivity contribution in [3.8, 4) is 0 Å². The Morgan fingerprint density at radius 3 is 2.44 bits per heavy atom. The Bertz CT molecular complexity index is 960. The fraction of sp³-hybridized carbons (Fsp3) is 0.680. The number of sulfonamides is 1. The summed E-state index contributed by atoms with van der Waals surface area (Å²) in [5.41, 5.74) is -2.10. The number of unbranched alkanes of at least 4 members (excludes halogenated alkanes) is 3. The third-order valence-corrected chi connectivity index (χ3v) is 7.36. The summed E-state index contributed by atoms with van der Waals surface area (Å²) in [5.74, 6) is -1.03. The Balaban J connectivity index is 2.21. The molecule has 2 rings (SSSR count). The van der Waals surface area contributed by atoms with E-state index >= 15 is 0 Å². The smallest absolute Gasteiger partial charge is 0.408 e. The van der Waals surface area contributed by atoms with Gasteiger partial charge in [-0.05, 0) is 52.0 Å². The first-order chi connectivity index (χ1) is 15.9. The van der Waals surface area contributed by atoms with Crippen LogP contribution in [0.3, 0.4) is 0 Å². The predicted octanol–water partition coefficient (Wildman–Crippen LogP) is 5.56. The topological polar surface area (TPSA) is 102 Å². The number of hydrogen-bond acceptors (Lipinski definition) is 5. The SMILES string of the molecule is CCCCCCC(F)c1ccccc1S(=O)(=O)NC(=O)[C@@]1(NC(=O)OC(C)(C)C)C[C@H]1CCC. The standard InChI is InChI=1S/C25H39FN2O5S/c1-6-8-9-10-15-20(26)19-14-11-12-16-21(19)34(31,32)28-22(29)25(17-18(25)13-7-2)27-23(30)33-24(3,4)5/h11-12,14,16,18,20H,6-10,13,15,17H2,1-5H3,(H,27,30)(H,28,29)/t18-,20?,25-/m1/s1. The van der Waals surface area contributed by atoms with Crippen molar-refractivity contribution < 1.29 is 27.1 Å². The van der Waals surface area contributed by atoms with Crippen LogP contribution in [0.2, 0.25) is 0 Å². The summed E-state index contributed by atoms with van der Waals surface area (Å²) in [6, 6.07) is 5.82. The fourth-order valence-corrected chi connectivity index (χ4v) is 5.46. The number of alkyl carbamates (subject to hydrolysis) is 1. The summed E-state index contributed by atoms with van der Waals surface area (Å²) >= 11 is 0. The minimum Gasteiger partial charge on any atom is -0.444 e. The van der Waals surface area contributed by atoms with E-state index in [-0.39, 0.29) is 22.8 Å². The molecule has 1 aromatic carbocycles. The molecule has 0 aromatic heterocycles. The van der Waals surface area contributed by atoms with E-state index in [4.69, 9.17) is 4.74 Å². The summed E-state index contributed by atoms with van der Waals surface area (Å²) in [5, 5.41) is 2.60. The second-order valence-corrected chi connectivity index (χ2v) is 11.7. The lowest BCUT2D eigenvalue weighted by Crippen LogP contribution is -2.53. The first-order valence-corrected chi connectivity index (χ1v) is 13.7. The van der Waals surface area contributed by atoms with Crippen LogP contribution in [0, 0.1) is 5.92 Å². The van der Waals surface area contributed by atoms with Crippen LogP contribution in [-0.4, -0.2) is 31.6 Å². The number of alkyl halides is 1. The predicted molar refractivity (Wildman–Crippen MR) is 129 cm³/mol. The molecular formula is C25H39FN2O5S. The van der Waals surface area contributed by atoms with Crippen molar-refractivity contribution in [2.75, 3.05) is 0 Å². The molecule has 9 heteroatoms. The van der Waals surface area contributed by atoms with Gasteiger partial charge in [0, 0.05) is 5.56 Å². The Hall–Kier alpha value is -2.16. The Labute approximate surface area is 203 Å². The van der Waals surface area contributed by atoms with Gasteiger partial charge in [-0.3, -0.25) is 4.79 Å². The van der Waals surface area contributed by atoms with Crippen molar-refractivity contribution in [1.29, 1.82) is 0 Å². The summed E-state index contributed by atoms with van der Waals surface area (Å²) in [6.07, 6.45) is 3.24. The molecule has 1 aromatic rings. The van der Waals surface area contributed by atoms with Crippen LogP contribution < -0.4 is 10.0 Å². The zero-order valence-electron chi connectivity index (χ0n) is 20.9. The van der Waals surface area contributed by atoms with Gasteiger partial charge in [0.1, 0.15) is 17.3 Å². The molecule has 0 bridgehead atoms. The quantitative estimate of drug-likeness (QED) is 0.368. The average Bonchev–Trinajstić information content (AvgIpc) is 3.42. The second-order valence-electron chi connectivity index (χ2n) is 10.1. The van der Waals surface area contributed by atoms with Gasteiger partial charge in [-0.15, -0.1) is 0 Å². The number of carbonyl (C=O) groups excluding carboxylic acids is 2. The number of benzene rings is 1. The molecule has 1 saturated carbocycles. The zero-order chi connectivity index (χ0) is 25.6. The molecule has 7 nitrogen and oxygen atoms in total. The van der Waals surface area contributed by atoms with Crippen LogP contribution in [0.4, 0.5) is 9.18 Å². The number of amides is 2. The first-order valence-electron chi connectivity index (χ1n) is 12.2. The highest BCUT2D eigenvalue weighted by atomic mass is 32.2. The van der Waals surface area contributed by atoms with Crippen molar-refractivity contribution in [1.82, 2.24) is 10.0 Å². The van der Waals surface area contributed by atoms with Gasteiger partial charge < -0.3 is 10.1 Å². The third kappa shape index (κ3) is 7.42. The Morgan fingerprint density at radius 1 is 1.15 bits per heavy atom. The number of hydrogen-bond donors (Lipinski definition) is 2. The van der Waals surface area contributed by atoms with Crippen LogP contribution in [0.1, 0.15) is 97.7 Å². The molecular weight excluding hydrogens is 459 g/mol. The zero-order valence-corrected chi connectivity index (χ0v) is 21.8. The van der Waals surface area contributed by atoms with Crippen LogP contribution in [0.15, 0.2) is 29.2 Å². The lowest BCUT2D eigenvalue weighted by Gasteiger charge is -2.24. The Kier molecular flexibility index (Phi) is 9.51. The van der Waals surface area contributed by atoms with Crippen molar-refractivity contribution in [2.24, 2.45) is 5.92 Å². The van der Waals surface area contributed by atoms with Gasteiger partial charge in [0.05, 0.1) is 4.90 Å². The molecule has 0 aliphatic heterocycles. The number of rotatable bonds is 12. The first kappa shape index (κ1) is 28.1. The van der Waals surface area contributed by atoms with Crippen LogP contribution in [0.25, 0.3) is 0 Å². The fourth-order valence-electron chi connectivity index (χ4n) is 4.16. The van der Waals surface area contributed by atoms with E-state index in [0.29, 0.717) is 19.3 Å². The molecule has 3 atom stereocenters. The second kappa shape index (κ2) is 11.5. The van der Waals surface area contributed by atoms with E-state index in [1.165, 1.54) is 18.2 Å². The summed E-state index contributed by atoms with van der Waals surface area (Å²) in [6.45, 7) is 9.11. The highest BCUT2D eigenvalue weighted by Gasteiger charge is 2.61. The summed E-state index contributed by atoms with van der Waals surface area (Å²) < 4.78 is 48.7. The van der Waals surface area contributed by atoms with E-state index in [2.05, 4.69) is 17.0 Å². The molecule has 1 aliphatic carbocycles. The molecule has 2 amide bonds. The molecule has 1 aliphatic rings. The normalized spacial score (nSPS) is 20.9. The molecule has 2 N–H and O–H groups in total. The van der Waals surface area contributed by atoms with Crippen molar-refractivity contribution >= 4 is 22.0 Å². The minimum atomic E-state index is -4.35. The molecule has 1 unspecified atom stereocenters. The summed E-state index contributed by atoms with van der Waals surface area (Å²) in [4.78, 5) is 25.3. The number of halogens is 1. The van der Waals surface area contributed by atoms with Crippen molar-refractivity contribution in [2.45, 2.75) is 108 Å². The molecule has 34 heavy (non-hydrogen) atoms. The van der Waals surface area contributed by atoms with E-state index in [1.807, 2.05) is 6.92 Å². The molecule has 0 heterocycles.